The van der Waals surface area contributed by atoms with E-state index in [9.17, 15) is 4.79 Å². The van der Waals surface area contributed by atoms with Crippen LogP contribution in [0.2, 0.25) is 0 Å². The lowest BCUT2D eigenvalue weighted by atomic mass is 10.2. The molecule has 0 aliphatic carbocycles. The molecule has 2 aromatic carbocycles. The molecule has 2 rings (SSSR count). The van der Waals surface area contributed by atoms with Crippen LogP contribution in [0.5, 0.6) is 11.5 Å². The van der Waals surface area contributed by atoms with Gasteiger partial charge in [-0.05, 0) is 67.8 Å². The summed E-state index contributed by atoms with van der Waals surface area (Å²) in [6, 6.07) is 14.6. The first-order valence-electron chi connectivity index (χ1n) is 8.79. The molecule has 0 bridgehead atoms. The Hall–Kier alpha value is -2.49. The Bertz CT molecular complexity index is 663. The van der Waals surface area contributed by atoms with Crippen molar-refractivity contribution in [2.75, 3.05) is 11.9 Å². The van der Waals surface area contributed by atoms with Gasteiger partial charge in [0.25, 0.3) is 5.91 Å². The van der Waals surface area contributed by atoms with Crippen molar-refractivity contribution in [3.63, 3.8) is 0 Å². The molecular weight excluding hydrogens is 314 g/mol. The predicted molar refractivity (Wildman–Crippen MR) is 102 cm³/mol. The maximum absolute atomic E-state index is 12.3. The molecule has 1 N–H and O–H groups in total. The van der Waals surface area contributed by atoms with E-state index in [1.165, 1.54) is 0 Å². The third-order valence-corrected chi connectivity index (χ3v) is 3.72. The Kier molecular flexibility index (Phi) is 6.87. The number of amides is 1. The lowest BCUT2D eigenvalue weighted by molar-refractivity contribution is 0.102. The molecule has 2 aromatic rings. The molecule has 1 amide bonds. The molecule has 25 heavy (non-hydrogen) atoms. The quantitative estimate of drug-likeness (QED) is 0.722. The van der Waals surface area contributed by atoms with Crippen LogP contribution in [0.1, 0.15) is 44.5 Å². The molecule has 0 radical (unpaired) electrons. The average Bonchev–Trinajstić information content (AvgIpc) is 2.61. The van der Waals surface area contributed by atoms with Crippen LogP contribution in [0, 0.1) is 5.92 Å². The lowest BCUT2D eigenvalue weighted by Gasteiger charge is -2.13. The molecule has 0 saturated heterocycles. The molecule has 134 valence electrons. The van der Waals surface area contributed by atoms with Gasteiger partial charge < -0.3 is 14.8 Å². The number of hydrogen-bond acceptors (Lipinski definition) is 3. The number of rotatable bonds is 8. The molecule has 0 aliphatic rings. The van der Waals surface area contributed by atoms with Crippen LogP contribution in [-0.4, -0.2) is 18.6 Å². The Morgan fingerprint density at radius 2 is 1.56 bits per heavy atom. The number of ether oxygens (including phenoxy) is 2. The van der Waals surface area contributed by atoms with Gasteiger partial charge in [0.2, 0.25) is 0 Å². The van der Waals surface area contributed by atoms with E-state index in [0.29, 0.717) is 18.1 Å². The average molecular weight is 341 g/mol. The van der Waals surface area contributed by atoms with Gasteiger partial charge in [-0.2, -0.15) is 0 Å². The number of benzene rings is 2. The number of carbonyl (C=O) groups is 1. The van der Waals surface area contributed by atoms with Crippen LogP contribution in [0.25, 0.3) is 0 Å². The summed E-state index contributed by atoms with van der Waals surface area (Å²) in [6.07, 6.45) is 1.13. The van der Waals surface area contributed by atoms with E-state index in [0.717, 1.165) is 23.6 Å². The molecule has 0 aromatic heterocycles. The summed E-state index contributed by atoms with van der Waals surface area (Å²) in [6.45, 7) is 8.97. The van der Waals surface area contributed by atoms with E-state index in [4.69, 9.17) is 9.47 Å². The summed E-state index contributed by atoms with van der Waals surface area (Å²) in [7, 11) is 0. The first kappa shape index (κ1) is 18.8. The fraction of sp³-hybridized carbons (Fsp3) is 0.381. The van der Waals surface area contributed by atoms with Crippen LogP contribution in [0.3, 0.4) is 0 Å². The molecule has 1 unspecified atom stereocenters. The van der Waals surface area contributed by atoms with Crippen molar-refractivity contribution in [1.82, 2.24) is 0 Å². The highest BCUT2D eigenvalue weighted by Gasteiger charge is 2.07. The van der Waals surface area contributed by atoms with Crippen molar-refractivity contribution < 1.29 is 14.3 Å². The lowest BCUT2D eigenvalue weighted by Crippen LogP contribution is -2.12. The van der Waals surface area contributed by atoms with Gasteiger partial charge in [0.1, 0.15) is 11.5 Å². The summed E-state index contributed by atoms with van der Waals surface area (Å²) in [4.78, 5) is 12.3. The van der Waals surface area contributed by atoms with Crippen molar-refractivity contribution in [1.29, 1.82) is 0 Å². The molecular formula is C21H27NO3. The van der Waals surface area contributed by atoms with Crippen molar-refractivity contribution in [3.8, 4) is 11.5 Å². The minimum absolute atomic E-state index is 0.147. The maximum atomic E-state index is 12.3. The Morgan fingerprint density at radius 1 is 0.960 bits per heavy atom. The van der Waals surface area contributed by atoms with Crippen molar-refractivity contribution in [2.45, 2.75) is 40.2 Å². The minimum atomic E-state index is -0.147. The van der Waals surface area contributed by atoms with Gasteiger partial charge in [-0.25, -0.2) is 0 Å². The zero-order valence-corrected chi connectivity index (χ0v) is 15.4. The van der Waals surface area contributed by atoms with Gasteiger partial charge in [0, 0.05) is 11.3 Å². The molecule has 0 spiro atoms. The van der Waals surface area contributed by atoms with Gasteiger partial charge in [0.05, 0.1) is 12.7 Å². The summed E-state index contributed by atoms with van der Waals surface area (Å²) >= 11 is 0. The summed E-state index contributed by atoms with van der Waals surface area (Å²) in [5, 5.41) is 2.89. The Labute approximate surface area is 150 Å². The Balaban J connectivity index is 1.92. The number of hydrogen-bond donors (Lipinski definition) is 1. The second-order valence-electron chi connectivity index (χ2n) is 6.54. The van der Waals surface area contributed by atoms with E-state index < -0.39 is 0 Å². The smallest absolute Gasteiger partial charge is 0.255 e. The second kappa shape index (κ2) is 9.11. The highest BCUT2D eigenvalue weighted by atomic mass is 16.5. The molecule has 0 aliphatic heterocycles. The monoisotopic (exact) mass is 341 g/mol. The minimum Gasteiger partial charge on any atom is -0.493 e. The van der Waals surface area contributed by atoms with Gasteiger partial charge in [0.15, 0.2) is 0 Å². The molecule has 0 heterocycles. The fourth-order valence-corrected chi connectivity index (χ4v) is 2.10. The van der Waals surface area contributed by atoms with Crippen molar-refractivity contribution in [3.05, 3.63) is 54.1 Å². The van der Waals surface area contributed by atoms with Crippen LogP contribution in [-0.2, 0) is 0 Å². The first-order valence-corrected chi connectivity index (χ1v) is 8.79. The Morgan fingerprint density at radius 3 is 2.12 bits per heavy atom. The largest absolute Gasteiger partial charge is 0.493 e. The van der Waals surface area contributed by atoms with E-state index in [1.54, 1.807) is 12.1 Å². The predicted octanol–water partition coefficient (Wildman–Crippen LogP) is 5.15. The van der Waals surface area contributed by atoms with Gasteiger partial charge in [-0.15, -0.1) is 0 Å². The first-order chi connectivity index (χ1) is 12.0. The third kappa shape index (κ3) is 6.14. The molecule has 4 nitrogen and oxygen atoms in total. The summed E-state index contributed by atoms with van der Waals surface area (Å²) in [5.74, 6) is 1.90. The van der Waals surface area contributed by atoms with Crippen LogP contribution in [0.15, 0.2) is 48.5 Å². The molecule has 0 fully saturated rings. The zero-order chi connectivity index (χ0) is 18.2. The van der Waals surface area contributed by atoms with E-state index >= 15 is 0 Å². The standard InChI is InChI=1S/C21H27NO3/c1-5-16(4)25-20-12-8-18(9-13-20)22-21(23)17-6-10-19(11-7-17)24-14-15(2)3/h6-13,15-16H,5,14H2,1-4H3,(H,22,23). The summed E-state index contributed by atoms with van der Waals surface area (Å²) < 4.78 is 11.4. The van der Waals surface area contributed by atoms with E-state index in [2.05, 4.69) is 26.1 Å². The van der Waals surface area contributed by atoms with Gasteiger partial charge in [-0.1, -0.05) is 20.8 Å². The van der Waals surface area contributed by atoms with Gasteiger partial charge >= 0.3 is 0 Å². The van der Waals surface area contributed by atoms with Crippen molar-refractivity contribution >= 4 is 11.6 Å². The number of nitrogens with one attached hydrogen (secondary N) is 1. The van der Waals surface area contributed by atoms with E-state index in [-0.39, 0.29) is 12.0 Å². The number of carbonyl (C=O) groups excluding carboxylic acids is 1. The topological polar surface area (TPSA) is 47.6 Å². The zero-order valence-electron chi connectivity index (χ0n) is 15.4. The molecule has 4 heteroatoms. The highest BCUT2D eigenvalue weighted by molar-refractivity contribution is 6.04. The highest BCUT2D eigenvalue weighted by Crippen LogP contribution is 2.19. The molecule has 1 atom stereocenters. The number of anilines is 1. The van der Waals surface area contributed by atoms with Gasteiger partial charge in [-0.3, -0.25) is 4.79 Å². The molecule has 0 saturated carbocycles. The fourth-order valence-electron chi connectivity index (χ4n) is 2.10. The normalized spacial score (nSPS) is 11.9. The maximum Gasteiger partial charge on any atom is 0.255 e. The third-order valence-electron chi connectivity index (χ3n) is 3.72. The second-order valence-corrected chi connectivity index (χ2v) is 6.54. The summed E-state index contributed by atoms with van der Waals surface area (Å²) in [5.41, 5.74) is 1.33. The van der Waals surface area contributed by atoms with Crippen LogP contribution < -0.4 is 14.8 Å². The van der Waals surface area contributed by atoms with Crippen LogP contribution in [0.4, 0.5) is 5.69 Å². The van der Waals surface area contributed by atoms with Crippen LogP contribution >= 0.6 is 0 Å². The van der Waals surface area contributed by atoms with Crippen molar-refractivity contribution in [2.24, 2.45) is 5.92 Å². The SMILES string of the molecule is CCC(C)Oc1ccc(NC(=O)c2ccc(OCC(C)C)cc2)cc1. The van der Waals surface area contributed by atoms with E-state index in [1.807, 2.05) is 43.3 Å².